The number of methoxy groups -OCH3 is 1. The van der Waals surface area contributed by atoms with Gasteiger partial charge in [-0.05, 0) is 43.3 Å². The summed E-state index contributed by atoms with van der Waals surface area (Å²) >= 11 is 0. The summed E-state index contributed by atoms with van der Waals surface area (Å²) in [6.45, 7) is 2.58. The minimum Gasteiger partial charge on any atom is -0.497 e. The molecule has 6 nitrogen and oxygen atoms in total. The van der Waals surface area contributed by atoms with Crippen molar-refractivity contribution in [2.45, 2.75) is 6.92 Å². The summed E-state index contributed by atoms with van der Waals surface area (Å²) in [4.78, 5) is 8.86. The fraction of sp³-hybridized carbons (Fsp3) is 0.158. The van der Waals surface area contributed by atoms with Gasteiger partial charge in [0.05, 0.1) is 13.7 Å². The van der Waals surface area contributed by atoms with Gasteiger partial charge in [0.1, 0.15) is 23.1 Å². The predicted molar refractivity (Wildman–Crippen MR) is 99.3 cm³/mol. The molecule has 3 rings (SSSR count). The van der Waals surface area contributed by atoms with E-state index in [0.29, 0.717) is 24.1 Å². The molecule has 3 N–H and O–H groups in total. The van der Waals surface area contributed by atoms with Crippen molar-refractivity contribution >= 4 is 17.3 Å². The van der Waals surface area contributed by atoms with Gasteiger partial charge in [0.2, 0.25) is 0 Å². The lowest BCUT2D eigenvalue weighted by Crippen LogP contribution is -2.01. The summed E-state index contributed by atoms with van der Waals surface area (Å²) < 4.78 is 10.7. The van der Waals surface area contributed by atoms with Crippen LogP contribution in [0.5, 0.6) is 11.5 Å². The predicted octanol–water partition coefficient (Wildman–Crippen LogP) is 3.88. The molecule has 0 aliphatic carbocycles. The van der Waals surface area contributed by atoms with Crippen molar-refractivity contribution < 1.29 is 9.47 Å². The first-order valence-corrected chi connectivity index (χ1v) is 7.97. The Balaban J connectivity index is 1.87. The number of aromatic nitrogens is 2. The Morgan fingerprint density at radius 2 is 1.80 bits per heavy atom. The second-order valence-corrected chi connectivity index (χ2v) is 5.32. The molecule has 0 radical (unpaired) electrons. The number of hydrogen-bond donors (Lipinski definition) is 2. The lowest BCUT2D eigenvalue weighted by Gasteiger charge is -2.10. The van der Waals surface area contributed by atoms with Crippen molar-refractivity contribution in [3.63, 3.8) is 0 Å². The molecule has 128 valence electrons. The maximum absolute atomic E-state index is 5.94. The van der Waals surface area contributed by atoms with E-state index in [1.54, 1.807) is 13.2 Å². The number of ether oxygens (including phenoxy) is 2. The van der Waals surface area contributed by atoms with E-state index < -0.39 is 0 Å². The Kier molecular flexibility index (Phi) is 4.99. The third-order valence-electron chi connectivity index (χ3n) is 3.51. The van der Waals surface area contributed by atoms with Crippen molar-refractivity contribution in [1.29, 1.82) is 0 Å². The fourth-order valence-electron chi connectivity index (χ4n) is 2.37. The second-order valence-electron chi connectivity index (χ2n) is 5.32. The molecule has 1 aromatic heterocycles. The molecule has 25 heavy (non-hydrogen) atoms. The van der Waals surface area contributed by atoms with Crippen LogP contribution in [0.3, 0.4) is 0 Å². The maximum atomic E-state index is 5.94. The van der Waals surface area contributed by atoms with Gasteiger partial charge in [-0.1, -0.05) is 6.07 Å². The van der Waals surface area contributed by atoms with Gasteiger partial charge in [-0.15, -0.1) is 0 Å². The normalized spacial score (nSPS) is 10.3. The van der Waals surface area contributed by atoms with Gasteiger partial charge in [-0.2, -0.15) is 0 Å². The van der Waals surface area contributed by atoms with Gasteiger partial charge in [-0.25, -0.2) is 9.97 Å². The lowest BCUT2D eigenvalue weighted by molar-refractivity contribution is 0.340. The highest BCUT2D eigenvalue weighted by Crippen LogP contribution is 2.25. The smallest absolute Gasteiger partial charge is 0.163 e. The molecule has 0 unspecified atom stereocenters. The average molecular weight is 336 g/mol. The van der Waals surface area contributed by atoms with Crippen LogP contribution in [0.1, 0.15) is 6.92 Å². The summed E-state index contributed by atoms with van der Waals surface area (Å²) in [5.41, 5.74) is 7.67. The number of hydrogen-bond acceptors (Lipinski definition) is 6. The largest absolute Gasteiger partial charge is 0.497 e. The number of nitrogens with two attached hydrogens (primary N) is 1. The van der Waals surface area contributed by atoms with Crippen molar-refractivity contribution in [2.75, 3.05) is 24.8 Å². The first kappa shape index (κ1) is 16.6. The van der Waals surface area contributed by atoms with Crippen LogP contribution >= 0.6 is 0 Å². The highest BCUT2D eigenvalue weighted by molar-refractivity contribution is 5.65. The van der Waals surface area contributed by atoms with Crippen molar-refractivity contribution in [3.8, 4) is 22.9 Å². The third-order valence-corrected chi connectivity index (χ3v) is 3.51. The van der Waals surface area contributed by atoms with Crippen LogP contribution in [0.25, 0.3) is 11.4 Å². The van der Waals surface area contributed by atoms with Crippen molar-refractivity contribution in [3.05, 3.63) is 54.6 Å². The highest BCUT2D eigenvalue weighted by Gasteiger charge is 2.07. The number of benzene rings is 2. The van der Waals surface area contributed by atoms with E-state index in [9.17, 15) is 0 Å². The molecule has 2 aromatic carbocycles. The standard InChI is InChI=1S/C19H20N4O2/c1-3-25-15-9-7-13(8-10-15)19-22-17(20)12-18(23-19)21-14-5-4-6-16(11-14)24-2/h4-12H,3H2,1-2H3,(H3,20,21,22,23). The molecule has 0 spiro atoms. The van der Waals surface area contributed by atoms with Gasteiger partial charge >= 0.3 is 0 Å². The Morgan fingerprint density at radius 3 is 2.52 bits per heavy atom. The van der Waals surface area contributed by atoms with Crippen LogP contribution in [-0.2, 0) is 0 Å². The fourth-order valence-corrected chi connectivity index (χ4v) is 2.37. The minimum atomic E-state index is 0.393. The summed E-state index contributed by atoms with van der Waals surface area (Å²) in [7, 11) is 1.63. The molecule has 0 aliphatic rings. The molecule has 0 atom stereocenters. The van der Waals surface area contributed by atoms with E-state index in [2.05, 4.69) is 15.3 Å². The van der Waals surface area contributed by atoms with Crippen LogP contribution in [0, 0.1) is 0 Å². The van der Waals surface area contributed by atoms with Crippen LogP contribution in [0.4, 0.5) is 17.3 Å². The van der Waals surface area contributed by atoms with E-state index in [-0.39, 0.29) is 0 Å². The molecule has 0 aliphatic heterocycles. The van der Waals surface area contributed by atoms with E-state index in [4.69, 9.17) is 15.2 Å². The topological polar surface area (TPSA) is 82.3 Å². The molecule has 0 fully saturated rings. The average Bonchev–Trinajstić information content (AvgIpc) is 2.62. The molecule has 0 saturated carbocycles. The van der Waals surface area contributed by atoms with Crippen molar-refractivity contribution in [1.82, 2.24) is 9.97 Å². The van der Waals surface area contributed by atoms with Crippen LogP contribution in [0.15, 0.2) is 54.6 Å². The Hall–Kier alpha value is -3.28. The Morgan fingerprint density at radius 1 is 1.00 bits per heavy atom. The van der Waals surface area contributed by atoms with Gasteiger partial charge < -0.3 is 20.5 Å². The zero-order valence-electron chi connectivity index (χ0n) is 14.2. The van der Waals surface area contributed by atoms with Crippen LogP contribution in [0.2, 0.25) is 0 Å². The van der Waals surface area contributed by atoms with Gasteiger partial charge in [0, 0.05) is 23.4 Å². The van der Waals surface area contributed by atoms with Crippen molar-refractivity contribution in [2.24, 2.45) is 0 Å². The Bertz CT molecular complexity index is 850. The highest BCUT2D eigenvalue weighted by atomic mass is 16.5. The first-order valence-electron chi connectivity index (χ1n) is 7.97. The maximum Gasteiger partial charge on any atom is 0.163 e. The summed E-state index contributed by atoms with van der Waals surface area (Å²) in [5, 5.41) is 3.23. The summed E-state index contributed by atoms with van der Waals surface area (Å²) in [6.07, 6.45) is 0. The molecular formula is C19H20N4O2. The SMILES string of the molecule is CCOc1ccc(-c2nc(N)cc(Nc3cccc(OC)c3)n2)cc1. The molecule has 0 amide bonds. The zero-order chi connectivity index (χ0) is 17.6. The number of nitrogen functional groups attached to an aromatic ring is 1. The van der Waals surface area contributed by atoms with E-state index in [1.165, 1.54) is 0 Å². The van der Waals surface area contributed by atoms with E-state index in [0.717, 1.165) is 22.7 Å². The molecule has 3 aromatic rings. The van der Waals surface area contributed by atoms with E-state index in [1.807, 2.05) is 55.5 Å². The number of anilines is 3. The quantitative estimate of drug-likeness (QED) is 0.711. The van der Waals surface area contributed by atoms with Gasteiger partial charge in [0.15, 0.2) is 5.82 Å². The third kappa shape index (κ3) is 4.17. The molecule has 0 bridgehead atoms. The minimum absolute atomic E-state index is 0.393. The summed E-state index contributed by atoms with van der Waals surface area (Å²) in [6, 6.07) is 16.9. The molecule has 0 saturated heterocycles. The summed E-state index contributed by atoms with van der Waals surface area (Å²) in [5.74, 6) is 3.13. The number of nitrogens with zero attached hydrogens (tertiary/aromatic N) is 2. The molecular weight excluding hydrogens is 316 g/mol. The molecule has 6 heteroatoms. The van der Waals surface area contributed by atoms with Gasteiger partial charge in [-0.3, -0.25) is 0 Å². The number of nitrogens with one attached hydrogen (secondary N) is 1. The van der Waals surface area contributed by atoms with E-state index >= 15 is 0 Å². The van der Waals surface area contributed by atoms with Gasteiger partial charge in [0.25, 0.3) is 0 Å². The van der Waals surface area contributed by atoms with Crippen LogP contribution in [-0.4, -0.2) is 23.7 Å². The monoisotopic (exact) mass is 336 g/mol. The molecule has 1 heterocycles. The zero-order valence-corrected chi connectivity index (χ0v) is 14.2. The number of rotatable bonds is 6. The second kappa shape index (κ2) is 7.53. The first-order chi connectivity index (χ1) is 12.2. The lowest BCUT2D eigenvalue weighted by atomic mass is 10.2. The Labute approximate surface area is 146 Å². The van der Waals surface area contributed by atoms with Crippen LogP contribution < -0.4 is 20.5 Å².